The van der Waals surface area contributed by atoms with Gasteiger partial charge in [-0.15, -0.1) is 27.8 Å². The molecule has 2 aliphatic rings. The number of fused-ring (bicyclic) bond motifs is 1. The van der Waals surface area contributed by atoms with Gasteiger partial charge in [-0.1, -0.05) is 10.1 Å². The third kappa shape index (κ3) is 5.20. The van der Waals surface area contributed by atoms with Gasteiger partial charge >= 0.3 is 5.16 Å². The quantitative estimate of drug-likeness (QED) is 0.0393. The number of aliphatic carboxylic acids is 1. The molecule has 2 amide bonds. The van der Waals surface area contributed by atoms with Crippen LogP contribution in [0, 0.1) is 0 Å². The second kappa shape index (κ2) is 10.7. The minimum atomic E-state index is -1.52. The summed E-state index contributed by atoms with van der Waals surface area (Å²) in [6, 6.07) is 0.392. The van der Waals surface area contributed by atoms with Gasteiger partial charge < -0.3 is 37.3 Å². The Morgan fingerprint density at radius 2 is 2.14 bits per heavy atom. The predicted molar refractivity (Wildman–Crippen MR) is 136 cm³/mol. The Kier molecular flexibility index (Phi) is 7.60. The fourth-order valence-corrected chi connectivity index (χ4v) is 6.48. The number of anilines is 3. The van der Waals surface area contributed by atoms with Gasteiger partial charge in [-0.3, -0.25) is 20.3 Å². The molecule has 1 saturated heterocycles. The van der Waals surface area contributed by atoms with Crippen LogP contribution in [0.4, 0.5) is 16.8 Å². The standard InChI is InChI=1S/C19H22N10O5S3/c1-2-34-27-11(8-6-36-18(22)24-8)14(30)26-12-15(31)28-13(17(32)33)7(4-35-16(12)28)5-37-19-25-9(20)3-10(21)29(19)23/h3,6,12,16H,2,4-5,23H2,1H3,(H7,20,21,22,24,26,30,32,33)/b27-11-. The third-order valence-electron chi connectivity index (χ3n) is 5.17. The first-order valence-corrected chi connectivity index (χ1v) is 13.5. The van der Waals surface area contributed by atoms with Gasteiger partial charge in [0.1, 0.15) is 23.7 Å². The molecule has 0 spiro atoms. The zero-order chi connectivity index (χ0) is 26.9. The van der Waals surface area contributed by atoms with Crippen molar-refractivity contribution in [2.24, 2.45) is 5.16 Å². The Balaban J connectivity index is 1.51. The molecule has 0 aromatic carbocycles. The highest BCUT2D eigenvalue weighted by Gasteiger charge is 2.53. The summed E-state index contributed by atoms with van der Waals surface area (Å²) < 4.78 is 1.12. The number of amides is 2. The fraction of sp³-hybridized carbons (Fsp3) is 0.316. The van der Waals surface area contributed by atoms with Crippen molar-refractivity contribution in [1.29, 1.82) is 0 Å². The number of carbonyl (C=O) groups is 3. The van der Waals surface area contributed by atoms with Crippen LogP contribution < -0.4 is 38.1 Å². The van der Waals surface area contributed by atoms with Gasteiger partial charge in [-0.05, 0) is 24.3 Å². The Morgan fingerprint density at radius 3 is 2.78 bits per heavy atom. The smallest absolute Gasteiger partial charge is 0.322 e. The highest BCUT2D eigenvalue weighted by molar-refractivity contribution is 8.01. The number of oxime groups is 1. The summed E-state index contributed by atoms with van der Waals surface area (Å²) in [4.78, 5) is 52.2. The zero-order valence-electron chi connectivity index (χ0n) is 19.2. The fourth-order valence-electron chi connectivity index (χ4n) is 3.50. The Hall–Kier alpha value is -3.77. The van der Waals surface area contributed by atoms with Gasteiger partial charge in [0.15, 0.2) is 10.8 Å². The van der Waals surface area contributed by atoms with E-state index in [2.05, 4.69) is 20.4 Å². The molecule has 0 bridgehead atoms. The van der Waals surface area contributed by atoms with E-state index in [4.69, 9.17) is 27.9 Å². The molecule has 0 aliphatic carbocycles. The number of nitrogens with one attached hydrogen (secondary N) is 1. The second-order valence-electron chi connectivity index (χ2n) is 7.58. The van der Waals surface area contributed by atoms with E-state index in [-0.39, 0.29) is 57.1 Å². The maximum Gasteiger partial charge on any atom is 0.322 e. The van der Waals surface area contributed by atoms with E-state index in [1.807, 2.05) is 0 Å². The van der Waals surface area contributed by atoms with Crippen LogP contribution in [0.25, 0.3) is 0 Å². The number of nitrogen functional groups attached to an aromatic ring is 4. The van der Waals surface area contributed by atoms with Gasteiger partial charge in [0.05, 0.1) is 17.7 Å². The largest absolute Gasteiger partial charge is 0.543 e. The van der Waals surface area contributed by atoms with Crippen molar-refractivity contribution in [2.45, 2.75) is 23.5 Å². The van der Waals surface area contributed by atoms with Crippen molar-refractivity contribution in [1.82, 2.24) is 20.2 Å². The summed E-state index contributed by atoms with van der Waals surface area (Å²) in [5.41, 5.74) is 17.4. The van der Waals surface area contributed by atoms with Crippen molar-refractivity contribution in [3.8, 4) is 0 Å². The van der Waals surface area contributed by atoms with Crippen LogP contribution in [0.2, 0.25) is 0 Å². The molecular formula is C19H22N10O5S3. The van der Waals surface area contributed by atoms with Gasteiger partial charge in [-0.25, -0.2) is 4.98 Å². The van der Waals surface area contributed by atoms with Gasteiger partial charge in [0.25, 0.3) is 11.8 Å². The minimum Gasteiger partial charge on any atom is -0.543 e. The van der Waals surface area contributed by atoms with Crippen LogP contribution in [0.5, 0.6) is 0 Å². The molecule has 9 N–H and O–H groups in total. The van der Waals surface area contributed by atoms with Crippen molar-refractivity contribution in [3.05, 3.63) is 28.4 Å². The SMILES string of the molecule is CCO/N=C(\C(=O)NC1C(=O)N2C(C(=O)[O-])=C(CSc3nc(N)cc(N)[n+]3N)CSC12)c1csc(N)n1. The average Bonchev–Trinajstić information content (AvgIpc) is 3.28. The molecule has 2 aliphatic heterocycles. The Bertz CT molecular complexity index is 1330. The van der Waals surface area contributed by atoms with Crippen LogP contribution >= 0.6 is 34.9 Å². The number of carbonyl (C=O) groups excluding carboxylic acids is 3. The Labute approximate surface area is 222 Å². The van der Waals surface area contributed by atoms with E-state index in [1.54, 1.807) is 6.92 Å². The van der Waals surface area contributed by atoms with E-state index < -0.39 is 29.2 Å². The molecule has 2 atom stereocenters. The highest BCUT2D eigenvalue weighted by atomic mass is 32.2. The molecule has 2 aromatic rings. The van der Waals surface area contributed by atoms with Crippen LogP contribution in [0.3, 0.4) is 0 Å². The summed E-state index contributed by atoms with van der Waals surface area (Å²) in [5.74, 6) is 3.74. The molecule has 1 fully saturated rings. The maximum absolute atomic E-state index is 13.0. The second-order valence-corrected chi connectivity index (χ2v) is 10.5. The van der Waals surface area contributed by atoms with Crippen molar-refractivity contribution in [3.63, 3.8) is 0 Å². The first kappa shape index (κ1) is 26.3. The predicted octanol–water partition coefficient (Wildman–Crippen LogP) is -2.78. The molecule has 18 heteroatoms. The summed E-state index contributed by atoms with van der Waals surface area (Å²) in [6.45, 7) is 1.89. The van der Waals surface area contributed by atoms with Crippen molar-refractivity contribution >= 4 is 75.1 Å². The number of hydrogen-bond donors (Lipinski definition) is 5. The number of thiazole rings is 1. The number of rotatable bonds is 9. The van der Waals surface area contributed by atoms with Gasteiger partial charge in [0, 0.05) is 16.9 Å². The van der Waals surface area contributed by atoms with Crippen molar-refractivity contribution < 1.29 is 29.0 Å². The molecule has 4 heterocycles. The van der Waals surface area contributed by atoms with Gasteiger partial charge in [-0.2, -0.15) is 0 Å². The molecule has 4 rings (SSSR count). The number of aromatic nitrogens is 3. The van der Waals surface area contributed by atoms with Crippen LogP contribution in [0.1, 0.15) is 12.6 Å². The number of carboxylic acid groups (broad SMARTS) is 1. The number of β-lactam (4-membered cyclic amide) rings is 1. The van der Waals surface area contributed by atoms with E-state index in [0.717, 1.165) is 32.7 Å². The molecule has 0 radical (unpaired) electrons. The minimum absolute atomic E-state index is 0.132. The normalized spacial score (nSPS) is 19.3. The first-order chi connectivity index (χ1) is 17.6. The molecule has 2 unspecified atom stereocenters. The summed E-state index contributed by atoms with van der Waals surface area (Å²) in [5, 5.41) is 19.8. The molecule has 0 saturated carbocycles. The van der Waals surface area contributed by atoms with Crippen LogP contribution in [0.15, 0.2) is 33.0 Å². The first-order valence-electron chi connectivity index (χ1n) is 10.6. The monoisotopic (exact) mass is 566 g/mol. The summed E-state index contributed by atoms with van der Waals surface area (Å²) in [6.07, 6.45) is 0. The molecule has 2 aromatic heterocycles. The lowest BCUT2D eigenvalue weighted by molar-refractivity contribution is -0.667. The summed E-state index contributed by atoms with van der Waals surface area (Å²) in [7, 11) is 0. The van der Waals surface area contributed by atoms with E-state index in [0.29, 0.717) is 5.57 Å². The molecule has 15 nitrogen and oxygen atoms in total. The lowest BCUT2D eigenvalue weighted by Gasteiger charge is -2.50. The third-order valence-corrected chi connectivity index (χ3v) is 8.22. The van der Waals surface area contributed by atoms with Crippen molar-refractivity contribution in [2.75, 3.05) is 41.2 Å². The molecular weight excluding hydrogens is 544 g/mol. The number of nitrogens with zero attached hydrogens (tertiary/aromatic N) is 5. The number of hydrogen-bond acceptors (Lipinski definition) is 15. The number of nitrogens with two attached hydrogens (primary N) is 4. The van der Waals surface area contributed by atoms with E-state index >= 15 is 0 Å². The topological polar surface area (TPSA) is 245 Å². The van der Waals surface area contributed by atoms with E-state index in [1.165, 1.54) is 23.2 Å². The van der Waals surface area contributed by atoms with Crippen LogP contribution in [-0.2, 0) is 19.2 Å². The number of thioether (sulfide) groups is 2. The highest BCUT2D eigenvalue weighted by Crippen LogP contribution is 2.41. The number of carboxylic acids is 1. The summed E-state index contributed by atoms with van der Waals surface area (Å²) >= 11 is 3.50. The Morgan fingerprint density at radius 1 is 1.38 bits per heavy atom. The van der Waals surface area contributed by atoms with Gasteiger partial charge in [0.2, 0.25) is 11.6 Å². The lowest BCUT2D eigenvalue weighted by atomic mass is 10.0. The maximum atomic E-state index is 13.0. The van der Waals surface area contributed by atoms with E-state index in [9.17, 15) is 19.5 Å². The molecule has 37 heavy (non-hydrogen) atoms. The zero-order valence-corrected chi connectivity index (χ0v) is 21.7. The molecule has 196 valence electrons. The van der Waals surface area contributed by atoms with Crippen LogP contribution in [-0.4, -0.2) is 67.9 Å². The average molecular weight is 567 g/mol. The lowest BCUT2D eigenvalue weighted by Crippen LogP contribution is -2.71.